The number of nitrogens with one attached hydrogen (secondary N) is 2. The summed E-state index contributed by atoms with van der Waals surface area (Å²) in [5.41, 5.74) is 2.46. The molecule has 0 saturated heterocycles. The largest absolute Gasteiger partial charge is 0.390 e. The van der Waals surface area contributed by atoms with Crippen molar-refractivity contribution in [2.75, 3.05) is 0 Å². The molecular weight excluding hydrogens is 442 g/mol. The van der Waals surface area contributed by atoms with Crippen LogP contribution in [0.25, 0.3) is 16.3 Å². The second-order valence-electron chi connectivity index (χ2n) is 10.2. The van der Waals surface area contributed by atoms with Gasteiger partial charge in [0.1, 0.15) is 0 Å². The summed E-state index contributed by atoms with van der Waals surface area (Å²) >= 11 is 0. The third-order valence-corrected chi connectivity index (χ3v) is 7.02. The van der Waals surface area contributed by atoms with Gasteiger partial charge < -0.3 is 10.4 Å². The molecule has 1 amide bonds. The van der Waals surface area contributed by atoms with Gasteiger partial charge in [-0.2, -0.15) is 10.2 Å². The second-order valence-corrected chi connectivity index (χ2v) is 10.2. The van der Waals surface area contributed by atoms with Crippen molar-refractivity contribution in [1.82, 2.24) is 25.1 Å². The van der Waals surface area contributed by atoms with Gasteiger partial charge in [-0.15, -0.1) is 0 Å². The second kappa shape index (κ2) is 9.26. The van der Waals surface area contributed by atoms with Gasteiger partial charge in [0, 0.05) is 23.5 Å². The molecule has 5 rings (SSSR count). The van der Waals surface area contributed by atoms with E-state index in [9.17, 15) is 14.7 Å². The summed E-state index contributed by atoms with van der Waals surface area (Å²) in [4.78, 5) is 25.1. The van der Waals surface area contributed by atoms with Crippen LogP contribution >= 0.6 is 0 Å². The molecule has 1 fully saturated rings. The van der Waals surface area contributed by atoms with Crippen molar-refractivity contribution >= 4 is 22.2 Å². The predicted octanol–water partition coefficient (Wildman–Crippen LogP) is 3.73. The Hall–Kier alpha value is -3.52. The van der Waals surface area contributed by atoms with E-state index < -0.39 is 5.60 Å². The highest BCUT2D eigenvalue weighted by Gasteiger charge is 2.27. The van der Waals surface area contributed by atoms with Crippen molar-refractivity contribution < 1.29 is 9.90 Å². The van der Waals surface area contributed by atoms with E-state index in [1.54, 1.807) is 24.6 Å². The van der Waals surface area contributed by atoms with Crippen LogP contribution in [0.15, 0.2) is 53.6 Å². The first kappa shape index (κ1) is 23.2. The maximum atomic E-state index is 13.0. The van der Waals surface area contributed by atoms with Crippen molar-refractivity contribution in [3.05, 3.63) is 76.0 Å². The Balaban J connectivity index is 1.23. The highest BCUT2D eigenvalue weighted by molar-refractivity contribution is 6.00. The molecule has 0 atom stereocenters. The van der Waals surface area contributed by atoms with Crippen LogP contribution in [0.2, 0.25) is 0 Å². The average Bonchev–Trinajstić information content (AvgIpc) is 3.27. The third-order valence-electron chi connectivity index (χ3n) is 7.02. The minimum absolute atomic E-state index is 0.0915. The number of benzene rings is 1. The summed E-state index contributed by atoms with van der Waals surface area (Å²) in [6.45, 7) is 3.60. The quantitative estimate of drug-likeness (QED) is 0.395. The zero-order valence-corrected chi connectivity index (χ0v) is 20.1. The molecule has 0 bridgehead atoms. The van der Waals surface area contributed by atoms with E-state index in [1.807, 2.05) is 42.6 Å². The maximum Gasteiger partial charge on any atom is 0.272 e. The number of amides is 1. The van der Waals surface area contributed by atoms with Gasteiger partial charge in [-0.3, -0.25) is 9.59 Å². The Bertz CT molecular complexity index is 1420. The van der Waals surface area contributed by atoms with E-state index in [1.165, 1.54) is 0 Å². The van der Waals surface area contributed by atoms with Gasteiger partial charge in [0.15, 0.2) is 0 Å². The van der Waals surface area contributed by atoms with Gasteiger partial charge in [-0.1, -0.05) is 24.3 Å². The minimum Gasteiger partial charge on any atom is -0.390 e. The summed E-state index contributed by atoms with van der Waals surface area (Å²) < 4.78 is 1.73. The zero-order valence-electron chi connectivity index (χ0n) is 20.1. The van der Waals surface area contributed by atoms with Crippen LogP contribution in [0, 0.1) is 0 Å². The molecule has 1 saturated carbocycles. The fraction of sp³-hybridized carbons (Fsp3) is 0.407. The number of hydrogen-bond acceptors (Lipinski definition) is 5. The molecule has 1 aromatic carbocycles. The lowest BCUT2D eigenvalue weighted by Gasteiger charge is -2.29. The monoisotopic (exact) mass is 473 g/mol. The topological polar surface area (TPSA) is 112 Å². The molecule has 3 heterocycles. The molecule has 35 heavy (non-hydrogen) atoms. The number of aromatic amines is 1. The van der Waals surface area contributed by atoms with E-state index in [-0.39, 0.29) is 23.4 Å². The third kappa shape index (κ3) is 4.98. The lowest BCUT2D eigenvalue weighted by molar-refractivity contribution is 0.0713. The van der Waals surface area contributed by atoms with Gasteiger partial charge >= 0.3 is 0 Å². The Morgan fingerprint density at radius 2 is 1.89 bits per heavy atom. The first-order chi connectivity index (χ1) is 16.8. The minimum atomic E-state index is -0.718. The number of hydrogen-bond donors (Lipinski definition) is 3. The SMILES string of the molecule is CC(C)(O)CCc1ccc2c(C(=O)NC3CCC(c4n[nH]c(=O)c5ccccc45)CC3)cnn2c1. The molecule has 0 unspecified atom stereocenters. The summed E-state index contributed by atoms with van der Waals surface area (Å²) in [5.74, 6) is 0.143. The van der Waals surface area contributed by atoms with Gasteiger partial charge in [0.05, 0.1) is 34.0 Å². The molecule has 8 nitrogen and oxygen atoms in total. The lowest BCUT2D eigenvalue weighted by Crippen LogP contribution is -2.37. The number of nitrogens with zero attached hydrogens (tertiary/aromatic N) is 3. The number of H-pyrrole nitrogens is 1. The van der Waals surface area contributed by atoms with Crippen LogP contribution in [0.5, 0.6) is 0 Å². The Morgan fingerprint density at radius 3 is 2.63 bits per heavy atom. The standard InChI is InChI=1S/C27H31N5O3/c1-27(2,35)14-13-17-7-12-23-22(15-28-32(23)16-17)25(33)29-19-10-8-18(9-11-19)24-20-5-3-4-6-21(20)26(34)31-30-24/h3-7,12,15-16,18-19,35H,8-11,13-14H2,1-2H3,(H,29,33)(H,31,34). The molecule has 3 N–H and O–H groups in total. The Kier molecular flexibility index (Phi) is 6.15. The smallest absolute Gasteiger partial charge is 0.272 e. The van der Waals surface area contributed by atoms with Crippen LogP contribution in [0.4, 0.5) is 0 Å². The molecule has 4 aromatic rings. The summed E-state index contributed by atoms with van der Waals surface area (Å²) in [6, 6.07) is 11.6. The van der Waals surface area contributed by atoms with Crippen LogP contribution in [-0.4, -0.2) is 42.5 Å². The Labute approximate surface area is 203 Å². The molecule has 1 aliphatic carbocycles. The van der Waals surface area contributed by atoms with Crippen LogP contribution in [0.1, 0.15) is 73.5 Å². The first-order valence-corrected chi connectivity index (χ1v) is 12.3. The van der Waals surface area contributed by atoms with Crippen LogP contribution in [-0.2, 0) is 6.42 Å². The molecular formula is C27H31N5O3. The number of aliphatic hydroxyl groups is 1. The van der Waals surface area contributed by atoms with Gasteiger partial charge in [0.25, 0.3) is 11.5 Å². The van der Waals surface area contributed by atoms with Crippen molar-refractivity contribution in [2.24, 2.45) is 0 Å². The van der Waals surface area contributed by atoms with Crippen LogP contribution in [0.3, 0.4) is 0 Å². The normalized spacial score (nSPS) is 18.7. The number of carbonyl (C=O) groups excluding carboxylic acids is 1. The Morgan fingerprint density at radius 1 is 1.14 bits per heavy atom. The number of pyridine rings is 1. The average molecular weight is 474 g/mol. The van der Waals surface area contributed by atoms with E-state index >= 15 is 0 Å². The van der Waals surface area contributed by atoms with Crippen LogP contribution < -0.4 is 10.9 Å². The molecule has 0 aliphatic heterocycles. The fourth-order valence-electron chi connectivity index (χ4n) is 5.02. The van der Waals surface area contributed by atoms with Crippen molar-refractivity contribution in [3.63, 3.8) is 0 Å². The summed E-state index contributed by atoms with van der Waals surface area (Å²) in [5, 5.41) is 26.1. The van der Waals surface area contributed by atoms with Gasteiger partial charge in [-0.05, 0) is 70.1 Å². The number of aryl methyl sites for hydroxylation is 1. The predicted molar refractivity (Wildman–Crippen MR) is 135 cm³/mol. The van der Waals surface area contributed by atoms with Gasteiger partial charge in [0.2, 0.25) is 0 Å². The lowest BCUT2D eigenvalue weighted by atomic mass is 9.82. The number of rotatable bonds is 6. The molecule has 3 aromatic heterocycles. The molecule has 0 radical (unpaired) electrons. The van der Waals surface area contributed by atoms with Crippen molar-refractivity contribution in [2.45, 2.75) is 69.9 Å². The summed E-state index contributed by atoms with van der Waals surface area (Å²) in [6.07, 6.45) is 8.43. The zero-order chi connectivity index (χ0) is 24.6. The highest BCUT2D eigenvalue weighted by Crippen LogP contribution is 2.34. The first-order valence-electron chi connectivity index (χ1n) is 12.3. The molecule has 8 heteroatoms. The van der Waals surface area contributed by atoms with Crippen molar-refractivity contribution in [1.29, 1.82) is 0 Å². The van der Waals surface area contributed by atoms with Gasteiger partial charge in [-0.25, -0.2) is 9.61 Å². The molecule has 0 spiro atoms. The molecule has 1 aliphatic rings. The fourth-order valence-corrected chi connectivity index (χ4v) is 5.02. The van der Waals surface area contributed by atoms with E-state index in [0.29, 0.717) is 17.4 Å². The van der Waals surface area contributed by atoms with E-state index in [2.05, 4.69) is 20.6 Å². The number of fused-ring (bicyclic) bond motifs is 2. The highest BCUT2D eigenvalue weighted by atomic mass is 16.3. The van der Waals surface area contributed by atoms with E-state index in [4.69, 9.17) is 0 Å². The number of carbonyl (C=O) groups is 1. The maximum absolute atomic E-state index is 13.0. The van der Waals surface area contributed by atoms with Crippen molar-refractivity contribution in [3.8, 4) is 0 Å². The number of aromatic nitrogens is 4. The van der Waals surface area contributed by atoms with E-state index in [0.717, 1.165) is 54.3 Å². The molecule has 182 valence electrons. The summed E-state index contributed by atoms with van der Waals surface area (Å²) in [7, 11) is 0.